The summed E-state index contributed by atoms with van der Waals surface area (Å²) in [5, 5.41) is 14.9. The number of hydrogen-bond acceptors (Lipinski definition) is 6. The van der Waals surface area contributed by atoms with Crippen LogP contribution >= 0.6 is 0 Å². The molecule has 0 radical (unpaired) electrons. The quantitative estimate of drug-likeness (QED) is 0.300. The number of methoxy groups -OCH3 is 1. The van der Waals surface area contributed by atoms with Crippen molar-refractivity contribution in [3.63, 3.8) is 0 Å². The third-order valence-electron chi connectivity index (χ3n) is 7.00. The summed E-state index contributed by atoms with van der Waals surface area (Å²) in [7, 11) is 3.16. The summed E-state index contributed by atoms with van der Waals surface area (Å²) in [5.74, 6) is -1.75. The number of rotatable bonds is 13. The van der Waals surface area contributed by atoms with Crippen LogP contribution in [0, 0.1) is 0 Å². The fraction of sp³-hybridized carbons (Fsp3) is 0.323. The maximum atomic E-state index is 12.8. The highest BCUT2D eigenvalue weighted by atomic mass is 16.5. The number of likely N-dealkylation sites (N-methyl/N-ethyl adjacent to an activating group) is 1. The zero-order valence-electron chi connectivity index (χ0n) is 22.7. The molecule has 0 aliphatic heterocycles. The van der Waals surface area contributed by atoms with Crippen molar-refractivity contribution in [2.75, 3.05) is 33.9 Å². The number of ether oxygens (including phenoxy) is 2. The maximum Gasteiger partial charge on any atom is 0.407 e. The van der Waals surface area contributed by atoms with Crippen molar-refractivity contribution < 1.29 is 29.0 Å². The Hall–Kier alpha value is -4.21. The van der Waals surface area contributed by atoms with Gasteiger partial charge < -0.3 is 25.2 Å². The molecule has 0 saturated carbocycles. The van der Waals surface area contributed by atoms with E-state index in [2.05, 4.69) is 22.8 Å². The number of aliphatic carboxylic acids is 1. The highest BCUT2D eigenvalue weighted by Crippen LogP contribution is 2.44. The second kappa shape index (κ2) is 13.7. The average molecular weight is 546 g/mol. The molecule has 9 nitrogen and oxygen atoms in total. The Morgan fingerprint density at radius 1 is 0.925 bits per heavy atom. The molecule has 9 heteroatoms. The van der Waals surface area contributed by atoms with Gasteiger partial charge in [-0.25, -0.2) is 9.59 Å². The second-order valence-electron chi connectivity index (χ2n) is 9.85. The van der Waals surface area contributed by atoms with Crippen LogP contribution in [0.5, 0.6) is 0 Å². The molecule has 2 unspecified atom stereocenters. The number of fused-ring (bicyclic) bond motifs is 3. The molecular weight excluding hydrogens is 510 g/mol. The zero-order valence-corrected chi connectivity index (χ0v) is 22.7. The lowest BCUT2D eigenvalue weighted by Gasteiger charge is -2.24. The van der Waals surface area contributed by atoms with Crippen molar-refractivity contribution >= 4 is 18.0 Å². The first-order valence-electron chi connectivity index (χ1n) is 13.2. The maximum absolute atomic E-state index is 12.8. The van der Waals surface area contributed by atoms with Crippen molar-refractivity contribution in [3.8, 4) is 11.1 Å². The number of nitrogens with zero attached hydrogens (tertiary/aromatic N) is 1. The zero-order chi connectivity index (χ0) is 28.5. The van der Waals surface area contributed by atoms with Gasteiger partial charge in [-0.05, 0) is 34.9 Å². The first kappa shape index (κ1) is 28.8. The molecule has 3 aromatic rings. The molecule has 0 fully saturated rings. The summed E-state index contributed by atoms with van der Waals surface area (Å²) in [4.78, 5) is 38.9. The molecule has 2 amide bonds. The van der Waals surface area contributed by atoms with E-state index in [-0.39, 0.29) is 32.0 Å². The topological polar surface area (TPSA) is 117 Å². The van der Waals surface area contributed by atoms with Crippen LogP contribution in [-0.4, -0.2) is 74.0 Å². The number of carboxylic acid groups (broad SMARTS) is 1. The number of benzene rings is 3. The van der Waals surface area contributed by atoms with E-state index in [0.29, 0.717) is 6.54 Å². The molecule has 3 aromatic carbocycles. The first-order valence-corrected chi connectivity index (χ1v) is 13.2. The molecular formula is C31H35N3O6. The number of nitrogens with one attached hydrogen (secondary N) is 2. The summed E-state index contributed by atoms with van der Waals surface area (Å²) < 4.78 is 10.8. The van der Waals surface area contributed by atoms with Crippen LogP contribution in [0.25, 0.3) is 11.1 Å². The molecule has 0 bridgehead atoms. The van der Waals surface area contributed by atoms with Crippen LogP contribution in [0.3, 0.4) is 0 Å². The van der Waals surface area contributed by atoms with Gasteiger partial charge in [-0.3, -0.25) is 9.69 Å². The van der Waals surface area contributed by atoms with Crippen molar-refractivity contribution in [3.05, 3.63) is 95.6 Å². The molecule has 210 valence electrons. The van der Waals surface area contributed by atoms with Crippen LogP contribution in [0.2, 0.25) is 0 Å². The van der Waals surface area contributed by atoms with E-state index in [4.69, 9.17) is 9.47 Å². The molecule has 4 rings (SSSR count). The van der Waals surface area contributed by atoms with Crippen LogP contribution in [0.15, 0.2) is 78.9 Å². The predicted octanol–water partition coefficient (Wildman–Crippen LogP) is 3.63. The Morgan fingerprint density at radius 3 is 2.12 bits per heavy atom. The Bertz CT molecular complexity index is 1270. The fourth-order valence-corrected chi connectivity index (χ4v) is 5.03. The van der Waals surface area contributed by atoms with Gasteiger partial charge >= 0.3 is 12.1 Å². The molecule has 40 heavy (non-hydrogen) atoms. The summed E-state index contributed by atoms with van der Waals surface area (Å²) >= 11 is 0. The number of carbonyl (C=O) groups excluding carboxylic acids is 2. The molecule has 0 aromatic heterocycles. The standard InChI is InChI=1S/C31H35N3O6/c1-34(18-21-10-4-3-5-11-21)19-27(30(36)37)33-29(35)28(39-2)16-17-32-31(38)40-20-26-24-14-8-6-12-22(24)23-13-7-9-15-25(23)26/h3-15,26-28H,16-20H2,1-2H3,(H,32,38)(H,33,35)(H,36,37). The van der Waals surface area contributed by atoms with Crippen LogP contribution < -0.4 is 10.6 Å². The summed E-state index contributed by atoms with van der Waals surface area (Å²) in [6.45, 7) is 0.960. The van der Waals surface area contributed by atoms with Gasteiger partial charge in [0.1, 0.15) is 18.8 Å². The lowest BCUT2D eigenvalue weighted by molar-refractivity contribution is -0.144. The van der Waals surface area contributed by atoms with Gasteiger partial charge in [-0.1, -0.05) is 78.9 Å². The van der Waals surface area contributed by atoms with Crippen molar-refractivity contribution in [1.82, 2.24) is 15.5 Å². The molecule has 2 atom stereocenters. The van der Waals surface area contributed by atoms with Crippen LogP contribution in [0.4, 0.5) is 4.79 Å². The summed E-state index contributed by atoms with van der Waals surface area (Å²) in [6.07, 6.45) is -1.38. The van der Waals surface area contributed by atoms with Crippen molar-refractivity contribution in [1.29, 1.82) is 0 Å². The number of carboxylic acids is 1. The number of carbonyl (C=O) groups is 3. The highest BCUT2D eigenvalue weighted by molar-refractivity contribution is 5.86. The number of hydrogen-bond donors (Lipinski definition) is 3. The Kier molecular flexibility index (Phi) is 9.88. The minimum Gasteiger partial charge on any atom is -0.480 e. The van der Waals surface area contributed by atoms with Gasteiger partial charge in [0.25, 0.3) is 0 Å². The minimum absolute atomic E-state index is 0.0522. The highest BCUT2D eigenvalue weighted by Gasteiger charge is 2.29. The smallest absolute Gasteiger partial charge is 0.407 e. The van der Waals surface area contributed by atoms with E-state index in [1.54, 1.807) is 7.05 Å². The van der Waals surface area contributed by atoms with Crippen molar-refractivity contribution in [2.45, 2.75) is 31.0 Å². The van der Waals surface area contributed by atoms with Gasteiger partial charge in [-0.2, -0.15) is 0 Å². The Labute approximate surface area is 234 Å². The lowest BCUT2D eigenvalue weighted by atomic mass is 9.98. The number of alkyl carbamates (subject to hydrolysis) is 1. The van der Waals surface area contributed by atoms with E-state index in [9.17, 15) is 19.5 Å². The lowest BCUT2D eigenvalue weighted by Crippen LogP contribution is -2.51. The molecule has 1 aliphatic carbocycles. The Balaban J connectivity index is 1.23. The first-order chi connectivity index (χ1) is 19.4. The van der Waals surface area contributed by atoms with Gasteiger partial charge in [0, 0.05) is 39.1 Å². The molecule has 0 heterocycles. The van der Waals surface area contributed by atoms with Crippen LogP contribution in [0.1, 0.15) is 29.0 Å². The third kappa shape index (κ3) is 7.25. The SMILES string of the molecule is COC(CCNC(=O)OCC1c2ccccc2-c2ccccc21)C(=O)NC(CN(C)Cc1ccccc1)C(=O)O. The Morgan fingerprint density at radius 2 is 1.52 bits per heavy atom. The van der Waals surface area contributed by atoms with E-state index < -0.39 is 30.1 Å². The largest absolute Gasteiger partial charge is 0.480 e. The molecule has 0 saturated heterocycles. The van der Waals surface area contributed by atoms with Gasteiger partial charge in [0.2, 0.25) is 5.91 Å². The van der Waals surface area contributed by atoms with E-state index in [0.717, 1.165) is 27.8 Å². The summed E-state index contributed by atoms with van der Waals surface area (Å²) in [6, 6.07) is 24.7. The van der Waals surface area contributed by atoms with Crippen molar-refractivity contribution in [2.24, 2.45) is 0 Å². The van der Waals surface area contributed by atoms with Gasteiger partial charge in [0.15, 0.2) is 0 Å². The normalized spacial score (nSPS) is 13.7. The second-order valence-corrected chi connectivity index (χ2v) is 9.85. The molecule has 0 spiro atoms. The number of amides is 2. The van der Waals surface area contributed by atoms with Gasteiger partial charge in [-0.15, -0.1) is 0 Å². The monoisotopic (exact) mass is 545 g/mol. The van der Waals surface area contributed by atoms with Gasteiger partial charge in [0.05, 0.1) is 0 Å². The minimum atomic E-state index is -1.14. The summed E-state index contributed by atoms with van der Waals surface area (Å²) in [5.41, 5.74) is 5.57. The third-order valence-corrected chi connectivity index (χ3v) is 7.00. The fourth-order valence-electron chi connectivity index (χ4n) is 5.03. The molecule has 1 aliphatic rings. The van der Waals surface area contributed by atoms with E-state index >= 15 is 0 Å². The average Bonchev–Trinajstić information content (AvgIpc) is 3.28. The van der Waals surface area contributed by atoms with E-state index in [1.165, 1.54) is 7.11 Å². The molecule has 3 N–H and O–H groups in total. The van der Waals surface area contributed by atoms with E-state index in [1.807, 2.05) is 71.6 Å². The predicted molar refractivity (Wildman–Crippen MR) is 151 cm³/mol. The van der Waals surface area contributed by atoms with Crippen LogP contribution in [-0.2, 0) is 25.6 Å².